The Hall–Kier alpha value is -4.62. The number of benzene rings is 2. The van der Waals surface area contributed by atoms with Gasteiger partial charge in [-0.3, -0.25) is 9.59 Å². The van der Waals surface area contributed by atoms with Crippen LogP contribution in [-0.4, -0.2) is 57.2 Å². The molecule has 278 valence electrons. The summed E-state index contributed by atoms with van der Waals surface area (Å²) in [6.07, 6.45) is 1.06. The Balaban J connectivity index is 1.48. The second-order valence-corrected chi connectivity index (χ2v) is 14.1. The Labute approximate surface area is 311 Å². The minimum absolute atomic E-state index is 0.0207. The molecule has 4 aromatic rings. The molecule has 3 amide bonds. The van der Waals surface area contributed by atoms with Crippen LogP contribution in [0.25, 0.3) is 10.9 Å². The summed E-state index contributed by atoms with van der Waals surface area (Å²) >= 11 is 13.0. The molecule has 0 aliphatic heterocycles. The van der Waals surface area contributed by atoms with E-state index >= 15 is 0 Å². The van der Waals surface area contributed by atoms with E-state index in [9.17, 15) is 19.2 Å². The zero-order valence-electron chi connectivity index (χ0n) is 29.8. The molecule has 13 nitrogen and oxygen atoms in total. The monoisotopic (exact) mass is 754 g/mol. The van der Waals surface area contributed by atoms with E-state index < -0.39 is 41.5 Å². The number of fused-ring (bicyclic) bond motifs is 3. The maximum absolute atomic E-state index is 14.8. The highest BCUT2D eigenvalue weighted by atomic mass is 35.5. The number of aryl methyl sites for hydroxylation is 1. The molecule has 0 bridgehead atoms. The Bertz CT molecular complexity index is 1910. The third-order valence-electron chi connectivity index (χ3n) is 9.74. The van der Waals surface area contributed by atoms with Crippen molar-refractivity contribution < 1.29 is 33.2 Å². The molecular formula is C37H44Cl2N6O7. The molecule has 0 radical (unpaired) electrons. The largest absolute Gasteiger partial charge is 0.460 e. The van der Waals surface area contributed by atoms with Crippen LogP contribution in [0.4, 0.5) is 4.79 Å². The van der Waals surface area contributed by atoms with Crippen LogP contribution in [-0.2, 0) is 38.5 Å². The molecule has 15 heteroatoms. The number of ether oxygens (including phenoxy) is 2. The number of hydrogen-bond acceptors (Lipinski definition) is 9. The van der Waals surface area contributed by atoms with Crippen LogP contribution in [0.5, 0.6) is 0 Å². The van der Waals surface area contributed by atoms with Crippen LogP contribution in [0, 0.1) is 11.8 Å². The molecule has 1 aliphatic rings. The predicted octanol–water partition coefficient (Wildman–Crippen LogP) is 6.62. The average Bonchev–Trinajstić information content (AvgIpc) is 3.77. The van der Waals surface area contributed by atoms with Crippen molar-refractivity contribution in [2.24, 2.45) is 11.8 Å². The minimum atomic E-state index is -1.51. The van der Waals surface area contributed by atoms with Gasteiger partial charge in [0, 0.05) is 22.5 Å². The SMILES string of the molecule is CCOC(=O)c1noc([C@@H](NC(=O)C2(NC(=O)C(NC(=O)OCc3ccccc3)C(C)CC)CCc3[nH]c4c(Cl)cc(Cl)cc4c3C2)C(C)CC)n1. The number of aromatic nitrogens is 3. The molecule has 52 heavy (non-hydrogen) atoms. The van der Waals surface area contributed by atoms with E-state index in [0.29, 0.717) is 34.8 Å². The van der Waals surface area contributed by atoms with Gasteiger partial charge in [-0.2, -0.15) is 4.98 Å². The van der Waals surface area contributed by atoms with Crippen LogP contribution in [0.15, 0.2) is 47.0 Å². The van der Waals surface area contributed by atoms with Crippen molar-refractivity contribution in [3.63, 3.8) is 0 Å². The molecule has 0 saturated carbocycles. The minimum Gasteiger partial charge on any atom is -0.460 e. The number of rotatable bonds is 14. The number of hydrogen-bond donors (Lipinski definition) is 4. The lowest BCUT2D eigenvalue weighted by Crippen LogP contribution is -2.65. The van der Waals surface area contributed by atoms with Crippen LogP contribution in [0.3, 0.4) is 0 Å². The van der Waals surface area contributed by atoms with Gasteiger partial charge in [-0.05, 0) is 60.0 Å². The Kier molecular flexibility index (Phi) is 12.5. The molecule has 4 N–H and O–H groups in total. The zero-order valence-corrected chi connectivity index (χ0v) is 31.3. The van der Waals surface area contributed by atoms with Gasteiger partial charge in [0.15, 0.2) is 0 Å². The first-order valence-electron chi connectivity index (χ1n) is 17.5. The molecule has 2 aromatic carbocycles. The Morgan fingerprint density at radius 2 is 1.73 bits per heavy atom. The molecule has 0 fully saturated rings. The van der Waals surface area contributed by atoms with Crippen LogP contribution in [0.1, 0.15) is 93.3 Å². The lowest BCUT2D eigenvalue weighted by Gasteiger charge is -2.39. The van der Waals surface area contributed by atoms with E-state index in [2.05, 4.69) is 31.1 Å². The van der Waals surface area contributed by atoms with Gasteiger partial charge in [-0.1, -0.05) is 94.1 Å². The summed E-state index contributed by atoms with van der Waals surface area (Å²) in [6, 6.07) is 10.8. The van der Waals surface area contributed by atoms with Crippen molar-refractivity contribution in [2.75, 3.05) is 6.61 Å². The summed E-state index contributed by atoms with van der Waals surface area (Å²) in [5.74, 6) is -2.59. The zero-order chi connectivity index (χ0) is 37.6. The van der Waals surface area contributed by atoms with Crippen LogP contribution < -0.4 is 16.0 Å². The number of H-pyrrole nitrogens is 1. The second kappa shape index (κ2) is 16.8. The van der Waals surface area contributed by atoms with Crippen molar-refractivity contribution in [3.05, 3.63) is 81.0 Å². The standard InChI is InChI=1S/C37H44Cl2N6O7/c1-6-20(4)28(42-36(49)51-19-22-12-10-9-11-13-22)32(46)44-37(15-14-27-25(18-37)24-16-23(38)17-26(39)30(24)40-27)35(48)41-29(21(5)7-2)33-43-31(45-52-33)34(47)50-8-3/h9-13,16-17,20-21,28-29,40H,6-8,14-15,18-19H2,1-5H3,(H,41,48)(H,42,49)(H,44,46)/t20?,21?,28?,29-,37?/m0/s1. The summed E-state index contributed by atoms with van der Waals surface area (Å²) < 4.78 is 15.9. The van der Waals surface area contributed by atoms with E-state index in [1.54, 1.807) is 19.1 Å². The molecule has 4 unspecified atom stereocenters. The first kappa shape index (κ1) is 38.6. The number of amides is 3. The van der Waals surface area contributed by atoms with Crippen molar-refractivity contribution in [1.82, 2.24) is 31.1 Å². The molecule has 2 aromatic heterocycles. The van der Waals surface area contributed by atoms with Crippen molar-refractivity contribution in [3.8, 4) is 0 Å². The summed E-state index contributed by atoms with van der Waals surface area (Å²) in [7, 11) is 0. The number of alkyl carbamates (subject to hydrolysis) is 1. The normalized spacial score (nSPS) is 17.7. The molecular weight excluding hydrogens is 711 g/mol. The number of aromatic amines is 1. The number of nitrogens with one attached hydrogen (secondary N) is 4. The first-order chi connectivity index (χ1) is 24.9. The quantitative estimate of drug-likeness (QED) is 0.103. The van der Waals surface area contributed by atoms with Gasteiger partial charge >= 0.3 is 12.1 Å². The molecule has 1 aliphatic carbocycles. The van der Waals surface area contributed by atoms with E-state index in [0.717, 1.165) is 22.2 Å². The Morgan fingerprint density at radius 1 is 1.00 bits per heavy atom. The lowest BCUT2D eigenvalue weighted by molar-refractivity contribution is -0.136. The van der Waals surface area contributed by atoms with E-state index in [-0.39, 0.29) is 49.6 Å². The highest BCUT2D eigenvalue weighted by Crippen LogP contribution is 2.39. The molecule has 5 rings (SSSR count). The third-order valence-corrected chi connectivity index (χ3v) is 10.3. The van der Waals surface area contributed by atoms with E-state index in [4.69, 9.17) is 37.2 Å². The van der Waals surface area contributed by atoms with Gasteiger partial charge in [0.25, 0.3) is 5.82 Å². The first-order valence-corrected chi connectivity index (χ1v) is 18.2. The van der Waals surface area contributed by atoms with Crippen molar-refractivity contribution >= 4 is 58.0 Å². The third kappa shape index (κ3) is 8.53. The predicted molar refractivity (Wildman–Crippen MR) is 195 cm³/mol. The highest BCUT2D eigenvalue weighted by molar-refractivity contribution is 6.38. The summed E-state index contributed by atoms with van der Waals surface area (Å²) in [5, 5.41) is 14.2. The summed E-state index contributed by atoms with van der Waals surface area (Å²) in [4.78, 5) is 62.1. The topological polar surface area (TPSA) is 178 Å². The fourth-order valence-corrected chi connectivity index (χ4v) is 6.88. The molecule has 0 saturated heterocycles. The molecule has 2 heterocycles. The molecule has 0 spiro atoms. The second-order valence-electron chi connectivity index (χ2n) is 13.2. The smallest absolute Gasteiger partial charge is 0.408 e. The summed E-state index contributed by atoms with van der Waals surface area (Å²) in [6.45, 7) is 9.39. The van der Waals surface area contributed by atoms with Gasteiger partial charge in [-0.15, -0.1) is 0 Å². The van der Waals surface area contributed by atoms with Crippen molar-refractivity contribution in [2.45, 2.75) is 91.0 Å². The van der Waals surface area contributed by atoms with Crippen molar-refractivity contribution in [1.29, 1.82) is 0 Å². The molecule has 5 atom stereocenters. The maximum atomic E-state index is 14.8. The van der Waals surface area contributed by atoms with Crippen LogP contribution in [0.2, 0.25) is 10.0 Å². The van der Waals surface area contributed by atoms with Gasteiger partial charge in [0.05, 0.1) is 17.1 Å². The van der Waals surface area contributed by atoms with Crippen LogP contribution >= 0.6 is 23.2 Å². The number of carbonyl (C=O) groups is 4. The van der Waals surface area contributed by atoms with Gasteiger partial charge in [-0.25, -0.2) is 9.59 Å². The number of esters is 1. The number of halogens is 2. The fourth-order valence-electron chi connectivity index (χ4n) is 6.34. The van der Waals surface area contributed by atoms with E-state index in [1.807, 2.05) is 58.0 Å². The highest BCUT2D eigenvalue weighted by Gasteiger charge is 2.47. The van der Waals surface area contributed by atoms with E-state index in [1.165, 1.54) is 0 Å². The summed E-state index contributed by atoms with van der Waals surface area (Å²) in [5.41, 5.74) is 1.60. The fraction of sp³-hybridized carbons (Fsp3) is 0.459. The number of carbonyl (C=O) groups excluding carboxylic acids is 4. The number of nitrogens with zero attached hydrogens (tertiary/aromatic N) is 2. The van der Waals surface area contributed by atoms with Gasteiger partial charge < -0.3 is 34.9 Å². The van der Waals surface area contributed by atoms with Gasteiger partial charge in [0.2, 0.25) is 17.7 Å². The Morgan fingerprint density at radius 3 is 2.42 bits per heavy atom. The van der Waals surface area contributed by atoms with Gasteiger partial charge in [0.1, 0.15) is 24.2 Å². The maximum Gasteiger partial charge on any atom is 0.408 e. The lowest BCUT2D eigenvalue weighted by atomic mass is 9.78. The average molecular weight is 756 g/mol.